The van der Waals surface area contributed by atoms with E-state index in [2.05, 4.69) is 0 Å². The molecule has 1 aromatic rings. The van der Waals surface area contributed by atoms with Crippen molar-refractivity contribution in [2.24, 2.45) is 5.92 Å². The lowest BCUT2D eigenvalue weighted by Gasteiger charge is -2.26. The molecule has 2 bridgehead atoms. The molecule has 2 fully saturated rings. The monoisotopic (exact) mass is 223 g/mol. The van der Waals surface area contributed by atoms with Crippen molar-refractivity contribution in [2.45, 2.75) is 31.4 Å². The number of hydrogen-bond donors (Lipinski definition) is 0. The molecule has 1 saturated carbocycles. The lowest BCUT2D eigenvalue weighted by atomic mass is 10.1. The fraction of sp³-hybridized carbons (Fsp3) is 0.538. The fourth-order valence-electron chi connectivity index (χ4n) is 3.06. The van der Waals surface area contributed by atoms with Crippen LogP contribution in [0.3, 0.4) is 0 Å². The average molecular weight is 223 g/mol. The summed E-state index contributed by atoms with van der Waals surface area (Å²) in [6.07, 6.45) is 1.35. The Balaban J connectivity index is 1.75. The van der Waals surface area contributed by atoms with Crippen LogP contribution in [0.15, 0.2) is 30.3 Å². The molecular weight excluding hydrogens is 208 g/mol. The molecule has 0 N–H and O–H groups in total. The van der Waals surface area contributed by atoms with Gasteiger partial charge in [-0.2, -0.15) is 0 Å². The second-order valence-corrected chi connectivity index (χ2v) is 4.88. The Kier molecular flexibility index (Phi) is 2.25. The zero-order valence-corrected chi connectivity index (χ0v) is 9.07. The Morgan fingerprint density at radius 1 is 1.19 bits per heavy atom. The van der Waals surface area contributed by atoms with Crippen LogP contribution in [0.4, 0.5) is 8.78 Å². The van der Waals surface area contributed by atoms with Gasteiger partial charge in [0.05, 0.1) is 6.04 Å². The zero-order valence-electron chi connectivity index (χ0n) is 9.07. The number of fused-ring (bicyclic) bond motifs is 2. The highest BCUT2D eigenvalue weighted by molar-refractivity contribution is 5.16. The van der Waals surface area contributed by atoms with Gasteiger partial charge in [0.25, 0.3) is 5.92 Å². The summed E-state index contributed by atoms with van der Waals surface area (Å²) in [5.74, 6) is -2.85. The van der Waals surface area contributed by atoms with E-state index in [9.17, 15) is 8.78 Å². The van der Waals surface area contributed by atoms with Gasteiger partial charge in [-0.1, -0.05) is 30.3 Å². The third kappa shape index (κ3) is 1.46. The highest BCUT2D eigenvalue weighted by Crippen LogP contribution is 2.49. The Labute approximate surface area is 94.1 Å². The zero-order chi connectivity index (χ0) is 11.2. The number of likely N-dealkylation sites (tertiary alicyclic amines) is 1. The molecule has 0 amide bonds. The maximum Gasteiger partial charge on any atom is 0.267 e. The smallest absolute Gasteiger partial charge is 0.267 e. The summed E-state index contributed by atoms with van der Waals surface area (Å²) in [5, 5.41) is 0. The van der Waals surface area contributed by atoms with E-state index >= 15 is 0 Å². The van der Waals surface area contributed by atoms with Crippen molar-refractivity contribution in [1.82, 2.24) is 4.90 Å². The third-order valence-electron chi connectivity index (χ3n) is 3.90. The van der Waals surface area contributed by atoms with Gasteiger partial charge in [-0.3, -0.25) is 4.90 Å². The van der Waals surface area contributed by atoms with E-state index in [0.717, 1.165) is 5.56 Å². The predicted molar refractivity (Wildman–Crippen MR) is 58.3 cm³/mol. The Hall–Kier alpha value is -0.960. The minimum Gasteiger partial charge on any atom is -0.290 e. The number of rotatable bonds is 2. The number of nitrogens with zero attached hydrogens (tertiary/aromatic N) is 1. The van der Waals surface area contributed by atoms with Gasteiger partial charge in [0, 0.05) is 19.0 Å². The molecule has 0 spiro atoms. The van der Waals surface area contributed by atoms with E-state index in [1.54, 1.807) is 0 Å². The minimum absolute atomic E-state index is 0.402. The quantitative estimate of drug-likeness (QED) is 0.745. The highest BCUT2D eigenvalue weighted by atomic mass is 19.3. The first-order valence-electron chi connectivity index (χ1n) is 5.83. The lowest BCUT2D eigenvalue weighted by molar-refractivity contribution is -0.0359. The molecule has 1 aliphatic carbocycles. The summed E-state index contributed by atoms with van der Waals surface area (Å²) < 4.78 is 27.4. The molecule has 3 rings (SSSR count). The SMILES string of the molecule is FC1(F)C2CCC1N(Cc1ccccc1)C2. The second kappa shape index (κ2) is 3.52. The normalized spacial score (nSPS) is 32.1. The molecule has 0 aromatic heterocycles. The molecular formula is C13H15F2N. The van der Waals surface area contributed by atoms with Crippen LogP contribution in [-0.4, -0.2) is 23.4 Å². The van der Waals surface area contributed by atoms with Gasteiger partial charge in [-0.05, 0) is 18.4 Å². The number of piperidine rings is 1. The molecule has 0 radical (unpaired) electrons. The third-order valence-corrected chi connectivity index (χ3v) is 3.90. The van der Waals surface area contributed by atoms with Crippen LogP contribution in [0.2, 0.25) is 0 Å². The molecule has 1 aromatic carbocycles. The Morgan fingerprint density at radius 3 is 2.50 bits per heavy atom. The molecule has 1 nitrogen and oxygen atoms in total. The van der Waals surface area contributed by atoms with Crippen molar-refractivity contribution < 1.29 is 8.78 Å². The van der Waals surface area contributed by atoms with Gasteiger partial charge in [0.1, 0.15) is 0 Å². The van der Waals surface area contributed by atoms with Crippen molar-refractivity contribution in [1.29, 1.82) is 0 Å². The van der Waals surface area contributed by atoms with Crippen LogP contribution < -0.4 is 0 Å². The largest absolute Gasteiger partial charge is 0.290 e. The maximum absolute atomic E-state index is 13.7. The Morgan fingerprint density at radius 2 is 1.94 bits per heavy atom. The van der Waals surface area contributed by atoms with E-state index in [0.29, 0.717) is 25.9 Å². The summed E-state index contributed by atoms with van der Waals surface area (Å²) >= 11 is 0. The van der Waals surface area contributed by atoms with Gasteiger partial charge >= 0.3 is 0 Å². The van der Waals surface area contributed by atoms with Crippen LogP contribution in [0.5, 0.6) is 0 Å². The van der Waals surface area contributed by atoms with Gasteiger partial charge < -0.3 is 0 Å². The van der Waals surface area contributed by atoms with Crippen LogP contribution in [0.25, 0.3) is 0 Å². The Bertz CT molecular complexity index is 377. The van der Waals surface area contributed by atoms with Crippen LogP contribution >= 0.6 is 0 Å². The van der Waals surface area contributed by atoms with Crippen molar-refractivity contribution in [3.63, 3.8) is 0 Å². The van der Waals surface area contributed by atoms with Gasteiger partial charge in [-0.25, -0.2) is 8.78 Å². The van der Waals surface area contributed by atoms with Gasteiger partial charge in [0.15, 0.2) is 0 Å². The molecule has 1 aliphatic heterocycles. The van der Waals surface area contributed by atoms with Gasteiger partial charge in [0.2, 0.25) is 0 Å². The van der Waals surface area contributed by atoms with Crippen molar-refractivity contribution in [2.75, 3.05) is 6.54 Å². The van der Waals surface area contributed by atoms with E-state index in [-0.39, 0.29) is 0 Å². The summed E-state index contributed by atoms with van der Waals surface area (Å²) in [4.78, 5) is 1.95. The molecule has 3 heteroatoms. The summed E-state index contributed by atoms with van der Waals surface area (Å²) in [6.45, 7) is 1.23. The fourth-order valence-corrected chi connectivity index (χ4v) is 3.06. The molecule has 16 heavy (non-hydrogen) atoms. The summed E-state index contributed by atoms with van der Waals surface area (Å²) in [6, 6.07) is 9.37. The topological polar surface area (TPSA) is 3.24 Å². The molecule has 1 heterocycles. The van der Waals surface area contributed by atoms with E-state index < -0.39 is 17.9 Å². The second-order valence-electron chi connectivity index (χ2n) is 4.88. The van der Waals surface area contributed by atoms with Crippen LogP contribution in [0, 0.1) is 5.92 Å². The summed E-state index contributed by atoms with van der Waals surface area (Å²) in [7, 11) is 0. The predicted octanol–water partition coefficient (Wildman–Crippen LogP) is 2.92. The van der Waals surface area contributed by atoms with Crippen LogP contribution in [0.1, 0.15) is 18.4 Å². The first kappa shape index (κ1) is 10.2. The lowest BCUT2D eigenvalue weighted by Crippen LogP contribution is -2.36. The number of halogens is 2. The van der Waals surface area contributed by atoms with Crippen molar-refractivity contribution in [3.05, 3.63) is 35.9 Å². The van der Waals surface area contributed by atoms with Gasteiger partial charge in [-0.15, -0.1) is 0 Å². The molecule has 86 valence electrons. The number of benzene rings is 1. The highest BCUT2D eigenvalue weighted by Gasteiger charge is 2.60. The van der Waals surface area contributed by atoms with Crippen LogP contribution in [-0.2, 0) is 6.54 Å². The molecule has 2 unspecified atom stereocenters. The molecule has 1 saturated heterocycles. The number of hydrogen-bond acceptors (Lipinski definition) is 1. The molecule has 2 aliphatic rings. The first-order chi connectivity index (χ1) is 7.68. The standard InChI is InChI=1S/C13H15F2N/c14-13(15)11-6-7-12(13)16(9-11)8-10-4-2-1-3-5-10/h1-5,11-12H,6-9H2. The number of alkyl halides is 2. The summed E-state index contributed by atoms with van der Waals surface area (Å²) in [5.41, 5.74) is 1.13. The molecule has 2 atom stereocenters. The maximum atomic E-state index is 13.7. The van der Waals surface area contributed by atoms with E-state index in [4.69, 9.17) is 0 Å². The van der Waals surface area contributed by atoms with E-state index in [1.165, 1.54) is 0 Å². The van der Waals surface area contributed by atoms with Crippen molar-refractivity contribution in [3.8, 4) is 0 Å². The first-order valence-corrected chi connectivity index (χ1v) is 5.83. The minimum atomic E-state index is -2.45. The van der Waals surface area contributed by atoms with Crippen molar-refractivity contribution >= 4 is 0 Å². The average Bonchev–Trinajstić information content (AvgIpc) is 2.68. The van der Waals surface area contributed by atoms with E-state index in [1.807, 2.05) is 35.2 Å².